The molecule has 0 aliphatic rings. The zero-order valence-electron chi connectivity index (χ0n) is 8.74. The first-order valence-corrected chi connectivity index (χ1v) is 6.13. The summed E-state index contributed by atoms with van der Waals surface area (Å²) in [4.78, 5) is 2.77. The minimum Gasteiger partial charge on any atom is -0.208 e. The molecule has 0 saturated heterocycles. The van der Waals surface area contributed by atoms with Crippen molar-refractivity contribution in [2.45, 2.75) is 17.9 Å². The highest BCUT2D eigenvalue weighted by atomic mass is 32.2. The Kier molecular flexibility index (Phi) is 4.30. The van der Waals surface area contributed by atoms with Gasteiger partial charge in [0.2, 0.25) is 10.0 Å². The lowest BCUT2D eigenvalue weighted by Gasteiger charge is -2.11. The molecule has 0 heterocycles. The molecule has 0 saturated carbocycles. The van der Waals surface area contributed by atoms with Crippen molar-refractivity contribution in [3.63, 3.8) is 0 Å². The third-order valence-corrected chi connectivity index (χ3v) is 3.43. The molecule has 0 unspecified atom stereocenters. The van der Waals surface area contributed by atoms with Gasteiger partial charge in [-0.15, -0.1) is 0 Å². The molecule has 1 atom stereocenters. The second-order valence-corrected chi connectivity index (χ2v) is 4.96. The summed E-state index contributed by atoms with van der Waals surface area (Å²) >= 11 is 0. The largest absolute Gasteiger partial charge is 0.240 e. The average Bonchev–Trinajstić information content (AvgIpc) is 2.27. The summed E-state index contributed by atoms with van der Waals surface area (Å²) in [5.74, 6) is 0. The first kappa shape index (κ1) is 12.5. The Balaban J connectivity index is 2.77. The molecule has 86 valence electrons. The predicted molar refractivity (Wildman–Crippen MR) is 60.2 cm³/mol. The van der Waals surface area contributed by atoms with E-state index < -0.39 is 16.1 Å². The summed E-state index contributed by atoms with van der Waals surface area (Å²) in [6.07, 6.45) is 0. The number of hydrogen-bond donors (Lipinski definition) is 1. The molecule has 1 aromatic carbocycles. The summed E-state index contributed by atoms with van der Waals surface area (Å²) in [5, 5.41) is 3.30. The second kappa shape index (κ2) is 5.50. The molecule has 0 aliphatic carbocycles. The first-order chi connectivity index (χ1) is 7.56. The summed E-state index contributed by atoms with van der Waals surface area (Å²) in [5.41, 5.74) is 8.11. The van der Waals surface area contributed by atoms with Gasteiger partial charge in [0.1, 0.15) is 0 Å². The lowest BCUT2D eigenvalue weighted by Crippen LogP contribution is -2.34. The van der Waals surface area contributed by atoms with Gasteiger partial charge >= 0.3 is 0 Å². The van der Waals surface area contributed by atoms with Gasteiger partial charge in [0.25, 0.3) is 0 Å². The van der Waals surface area contributed by atoms with Gasteiger partial charge in [-0.05, 0) is 24.6 Å². The molecule has 0 amide bonds. The van der Waals surface area contributed by atoms with E-state index in [1.165, 1.54) is 12.1 Å². The van der Waals surface area contributed by atoms with Gasteiger partial charge in [-0.2, -0.15) is 0 Å². The maximum absolute atomic E-state index is 11.8. The third kappa shape index (κ3) is 3.54. The van der Waals surface area contributed by atoms with Crippen molar-refractivity contribution in [1.29, 1.82) is 0 Å². The number of nitrogens with one attached hydrogen (secondary N) is 1. The summed E-state index contributed by atoms with van der Waals surface area (Å²) in [6.45, 7) is 1.72. The maximum atomic E-state index is 11.8. The summed E-state index contributed by atoms with van der Waals surface area (Å²) in [7, 11) is -3.52. The molecule has 6 nitrogen and oxygen atoms in total. The highest BCUT2D eigenvalue weighted by molar-refractivity contribution is 7.89. The fraction of sp³-hybridized carbons (Fsp3) is 0.333. The van der Waals surface area contributed by atoms with Crippen molar-refractivity contribution < 1.29 is 8.42 Å². The van der Waals surface area contributed by atoms with E-state index in [-0.39, 0.29) is 11.4 Å². The Labute approximate surface area is 94.0 Å². The van der Waals surface area contributed by atoms with Crippen molar-refractivity contribution in [1.82, 2.24) is 4.72 Å². The van der Waals surface area contributed by atoms with Crippen molar-refractivity contribution in [3.8, 4) is 0 Å². The minimum absolute atomic E-state index is 0.0859. The fourth-order valence-corrected chi connectivity index (χ4v) is 2.38. The van der Waals surface area contributed by atoms with E-state index in [1.54, 1.807) is 25.1 Å². The number of hydrogen-bond acceptors (Lipinski definition) is 3. The van der Waals surface area contributed by atoms with Crippen LogP contribution in [0.1, 0.15) is 6.92 Å². The van der Waals surface area contributed by atoms with Crippen LogP contribution in [0.15, 0.2) is 40.3 Å². The fourth-order valence-electron chi connectivity index (χ4n) is 1.13. The second-order valence-electron chi connectivity index (χ2n) is 3.25. The van der Waals surface area contributed by atoms with E-state index in [1.807, 2.05) is 0 Å². The molecule has 0 radical (unpaired) electrons. The maximum Gasteiger partial charge on any atom is 0.240 e. The molecular formula is C9H12N4O2S. The highest BCUT2D eigenvalue weighted by Gasteiger charge is 2.15. The zero-order valence-corrected chi connectivity index (χ0v) is 9.55. The van der Waals surface area contributed by atoms with Crippen LogP contribution in [0.2, 0.25) is 0 Å². The first-order valence-electron chi connectivity index (χ1n) is 4.64. The van der Waals surface area contributed by atoms with Gasteiger partial charge < -0.3 is 0 Å². The number of sulfonamides is 1. The van der Waals surface area contributed by atoms with Crippen LogP contribution in [0.5, 0.6) is 0 Å². The van der Waals surface area contributed by atoms with Crippen molar-refractivity contribution in [3.05, 3.63) is 40.8 Å². The quantitative estimate of drug-likeness (QED) is 0.481. The van der Waals surface area contributed by atoms with E-state index in [9.17, 15) is 8.42 Å². The monoisotopic (exact) mass is 240 g/mol. The predicted octanol–water partition coefficient (Wildman–Crippen LogP) is 1.66. The SMILES string of the molecule is C[C@@H](CN=[N+]=[N-])NS(=O)(=O)c1ccccc1. The van der Waals surface area contributed by atoms with Gasteiger partial charge in [-0.3, -0.25) is 0 Å². The molecule has 7 heteroatoms. The standard InChI is InChI=1S/C9H12N4O2S/c1-8(7-11-13-10)12-16(14,15)9-5-3-2-4-6-9/h2-6,8,12H,7H2,1H3/t8-/m0/s1. The van der Waals surface area contributed by atoms with Crippen LogP contribution in [-0.4, -0.2) is 21.0 Å². The van der Waals surface area contributed by atoms with Crippen LogP contribution in [0.25, 0.3) is 10.4 Å². The third-order valence-electron chi connectivity index (χ3n) is 1.83. The van der Waals surface area contributed by atoms with Crippen molar-refractivity contribution >= 4 is 10.0 Å². The Morgan fingerprint density at radius 3 is 2.62 bits per heavy atom. The number of benzene rings is 1. The molecule has 0 bridgehead atoms. The Morgan fingerprint density at radius 2 is 2.06 bits per heavy atom. The smallest absolute Gasteiger partial charge is 0.208 e. The van der Waals surface area contributed by atoms with E-state index in [0.29, 0.717) is 0 Å². The van der Waals surface area contributed by atoms with Gasteiger partial charge in [0, 0.05) is 17.5 Å². The molecule has 1 aromatic rings. The lowest BCUT2D eigenvalue weighted by molar-refractivity contribution is 0.562. The van der Waals surface area contributed by atoms with Gasteiger partial charge in [-0.1, -0.05) is 23.3 Å². The van der Waals surface area contributed by atoms with Crippen LogP contribution in [-0.2, 0) is 10.0 Å². The minimum atomic E-state index is -3.52. The topological polar surface area (TPSA) is 94.9 Å². The summed E-state index contributed by atoms with van der Waals surface area (Å²) < 4.78 is 25.9. The average molecular weight is 240 g/mol. The van der Waals surface area contributed by atoms with E-state index in [0.717, 1.165) is 0 Å². The molecule has 0 aliphatic heterocycles. The Bertz CT molecular complexity index is 479. The molecule has 16 heavy (non-hydrogen) atoms. The van der Waals surface area contributed by atoms with Crippen molar-refractivity contribution in [2.24, 2.45) is 5.11 Å². The number of rotatable bonds is 5. The molecule has 0 aromatic heterocycles. The van der Waals surface area contributed by atoms with Gasteiger partial charge in [0.15, 0.2) is 0 Å². The van der Waals surface area contributed by atoms with Crippen LogP contribution < -0.4 is 4.72 Å². The zero-order chi connectivity index (χ0) is 12.0. The van der Waals surface area contributed by atoms with Crippen LogP contribution in [0, 0.1) is 0 Å². The molecule has 0 fully saturated rings. The van der Waals surface area contributed by atoms with E-state index >= 15 is 0 Å². The normalized spacial score (nSPS) is 12.8. The number of nitrogens with zero attached hydrogens (tertiary/aromatic N) is 3. The Hall–Kier alpha value is -1.56. The number of azide groups is 1. The van der Waals surface area contributed by atoms with Crippen LogP contribution in [0.4, 0.5) is 0 Å². The molecular weight excluding hydrogens is 228 g/mol. The molecule has 0 spiro atoms. The molecule has 1 N–H and O–H groups in total. The van der Waals surface area contributed by atoms with E-state index in [2.05, 4.69) is 14.7 Å². The van der Waals surface area contributed by atoms with Crippen LogP contribution in [0.3, 0.4) is 0 Å². The molecule has 1 rings (SSSR count). The Morgan fingerprint density at radius 1 is 1.44 bits per heavy atom. The van der Waals surface area contributed by atoms with Crippen LogP contribution >= 0.6 is 0 Å². The highest BCUT2D eigenvalue weighted by Crippen LogP contribution is 2.07. The van der Waals surface area contributed by atoms with E-state index in [4.69, 9.17) is 5.53 Å². The van der Waals surface area contributed by atoms with Crippen molar-refractivity contribution in [2.75, 3.05) is 6.54 Å². The van der Waals surface area contributed by atoms with Gasteiger partial charge in [0.05, 0.1) is 4.90 Å². The van der Waals surface area contributed by atoms with Gasteiger partial charge in [-0.25, -0.2) is 13.1 Å². The lowest BCUT2D eigenvalue weighted by atomic mass is 10.4. The summed E-state index contributed by atoms with van der Waals surface area (Å²) in [6, 6.07) is 7.61.